The molecule has 1 heterocycles. The van der Waals surface area contributed by atoms with E-state index in [9.17, 15) is 0 Å². The van der Waals surface area contributed by atoms with Gasteiger partial charge in [-0.05, 0) is 108 Å². The highest BCUT2D eigenvalue weighted by molar-refractivity contribution is 6.71. The van der Waals surface area contributed by atoms with E-state index in [4.69, 9.17) is 0 Å². The van der Waals surface area contributed by atoms with E-state index < -0.39 is 0 Å². The summed E-state index contributed by atoms with van der Waals surface area (Å²) in [4.78, 5) is 0. The predicted molar refractivity (Wildman–Crippen MR) is 226 cm³/mol. The van der Waals surface area contributed by atoms with Gasteiger partial charge in [0.05, 0.1) is 0 Å². The van der Waals surface area contributed by atoms with Crippen molar-refractivity contribution in [3.63, 3.8) is 0 Å². The van der Waals surface area contributed by atoms with E-state index in [0.29, 0.717) is 0 Å². The fraction of sp³-hybridized carbons (Fsp3) is 0.200. The predicted octanol–water partition coefficient (Wildman–Crippen LogP) is 11.7. The summed E-state index contributed by atoms with van der Waals surface area (Å²) in [7, 11) is 0.922. The van der Waals surface area contributed by atoms with Crippen LogP contribution < -0.4 is 16.2 Å². The van der Waals surface area contributed by atoms with Gasteiger partial charge in [-0.25, -0.2) is 0 Å². The van der Waals surface area contributed by atoms with Gasteiger partial charge in [0.1, 0.15) is 0 Å². The maximum atomic E-state index is 3.89. The Balaban J connectivity index is 1.24. The average molecular weight is 672 g/mol. The van der Waals surface area contributed by atoms with Gasteiger partial charge in [0.25, 0.3) is 0 Å². The third-order valence-corrected chi connectivity index (χ3v) is 11.5. The first-order chi connectivity index (χ1) is 24.9. The second kappa shape index (κ2) is 11.9. The molecule has 1 nitrogen and oxygen atoms in total. The van der Waals surface area contributed by atoms with Crippen LogP contribution in [0.25, 0.3) is 44.2 Å². The SMILES string of the molecule is Cc1cc(-c2cc3ccccc3cc2Nc2ccc(-c3ccccc3)cc2)c2c(c1)[C@H]1c3ccc(C(C)(C)C)cc3-c3cc(C(C)(C)C)cc(c31)B2. The first-order valence-corrected chi connectivity index (χ1v) is 18.8. The van der Waals surface area contributed by atoms with Crippen LogP contribution in [-0.4, -0.2) is 7.28 Å². The molecule has 1 atom stereocenters. The summed E-state index contributed by atoms with van der Waals surface area (Å²) in [5.74, 6) is 0.229. The van der Waals surface area contributed by atoms with Crippen molar-refractivity contribution >= 4 is 40.4 Å². The number of hydrogen-bond donors (Lipinski definition) is 1. The zero-order chi connectivity index (χ0) is 35.9. The molecule has 0 fully saturated rings. The molecule has 0 bridgehead atoms. The van der Waals surface area contributed by atoms with E-state index in [0.717, 1.165) is 18.7 Å². The van der Waals surface area contributed by atoms with Crippen molar-refractivity contribution in [1.82, 2.24) is 0 Å². The Hall–Kier alpha value is -5.34. The summed E-state index contributed by atoms with van der Waals surface area (Å²) < 4.78 is 0. The Morgan fingerprint density at radius 3 is 1.88 bits per heavy atom. The van der Waals surface area contributed by atoms with Crippen LogP contribution in [0, 0.1) is 6.92 Å². The molecular weight excluding hydrogens is 625 g/mol. The lowest BCUT2D eigenvalue weighted by atomic mass is 9.52. The summed E-state index contributed by atoms with van der Waals surface area (Å²) in [6.45, 7) is 16.3. The molecule has 52 heavy (non-hydrogen) atoms. The van der Waals surface area contributed by atoms with Gasteiger partial charge in [-0.15, -0.1) is 0 Å². The minimum Gasteiger partial charge on any atom is -0.355 e. The summed E-state index contributed by atoms with van der Waals surface area (Å²) in [5.41, 5.74) is 21.7. The van der Waals surface area contributed by atoms with E-state index in [-0.39, 0.29) is 16.7 Å². The van der Waals surface area contributed by atoms with Crippen molar-refractivity contribution in [3.8, 4) is 33.4 Å². The molecule has 0 amide bonds. The van der Waals surface area contributed by atoms with E-state index in [2.05, 4.69) is 187 Å². The average Bonchev–Trinajstić information content (AvgIpc) is 3.46. The lowest BCUT2D eigenvalue weighted by Gasteiger charge is -2.31. The second-order valence-electron chi connectivity index (χ2n) is 17.2. The first-order valence-electron chi connectivity index (χ1n) is 18.8. The van der Waals surface area contributed by atoms with Gasteiger partial charge in [0.15, 0.2) is 7.28 Å². The lowest BCUT2D eigenvalue weighted by molar-refractivity contribution is 0.589. The molecule has 1 aliphatic carbocycles. The highest BCUT2D eigenvalue weighted by Crippen LogP contribution is 2.51. The van der Waals surface area contributed by atoms with Crippen LogP contribution >= 0.6 is 0 Å². The molecule has 2 heteroatoms. The molecule has 9 rings (SSSR count). The van der Waals surface area contributed by atoms with E-state index in [1.165, 1.54) is 88.5 Å². The van der Waals surface area contributed by atoms with Gasteiger partial charge >= 0.3 is 0 Å². The summed E-state index contributed by atoms with van der Waals surface area (Å²) in [6, 6.07) is 50.3. The van der Waals surface area contributed by atoms with Crippen LogP contribution in [0.2, 0.25) is 0 Å². The summed E-state index contributed by atoms with van der Waals surface area (Å²) >= 11 is 0. The zero-order valence-corrected chi connectivity index (χ0v) is 31.5. The quantitative estimate of drug-likeness (QED) is 0.184. The third-order valence-electron chi connectivity index (χ3n) is 11.5. The molecule has 0 saturated carbocycles. The van der Waals surface area contributed by atoms with Crippen LogP contribution in [-0.2, 0) is 10.8 Å². The van der Waals surface area contributed by atoms with Crippen LogP contribution in [0.5, 0.6) is 0 Å². The van der Waals surface area contributed by atoms with Crippen molar-refractivity contribution in [2.75, 3.05) is 5.32 Å². The molecule has 1 aliphatic heterocycles. The molecule has 7 aromatic rings. The van der Waals surface area contributed by atoms with Gasteiger partial charge in [0.2, 0.25) is 0 Å². The van der Waals surface area contributed by atoms with E-state index >= 15 is 0 Å². The fourth-order valence-corrected chi connectivity index (χ4v) is 8.67. The minimum absolute atomic E-state index is 0.0489. The van der Waals surface area contributed by atoms with Crippen molar-refractivity contribution < 1.29 is 0 Å². The summed E-state index contributed by atoms with van der Waals surface area (Å²) in [5, 5.41) is 6.38. The third kappa shape index (κ3) is 5.48. The number of benzene rings is 7. The van der Waals surface area contributed by atoms with Crippen LogP contribution in [0.3, 0.4) is 0 Å². The van der Waals surface area contributed by atoms with Crippen LogP contribution in [0.4, 0.5) is 11.4 Å². The number of aryl methyl sites for hydroxylation is 1. The van der Waals surface area contributed by atoms with Gasteiger partial charge in [-0.1, -0.05) is 167 Å². The van der Waals surface area contributed by atoms with Gasteiger partial charge in [-0.2, -0.15) is 0 Å². The van der Waals surface area contributed by atoms with E-state index in [1.807, 2.05) is 0 Å². The minimum atomic E-state index is 0.0489. The number of nitrogens with one attached hydrogen (secondary N) is 1. The number of anilines is 2. The molecular formula is C50H46BN. The molecule has 2 aliphatic rings. The molecule has 0 aromatic heterocycles. The number of fused-ring (bicyclic) bond motifs is 6. The molecule has 0 radical (unpaired) electrons. The lowest BCUT2D eigenvalue weighted by Crippen LogP contribution is -2.41. The van der Waals surface area contributed by atoms with Gasteiger partial charge in [0, 0.05) is 22.9 Å². The molecule has 1 N–H and O–H groups in total. The molecule has 0 saturated heterocycles. The van der Waals surface area contributed by atoms with Crippen molar-refractivity contribution in [2.45, 2.75) is 65.2 Å². The molecule has 0 spiro atoms. The topological polar surface area (TPSA) is 12.0 Å². The Morgan fingerprint density at radius 1 is 0.519 bits per heavy atom. The maximum absolute atomic E-state index is 3.89. The first kappa shape index (κ1) is 32.6. The van der Waals surface area contributed by atoms with Crippen LogP contribution in [0.1, 0.15) is 80.8 Å². The smallest absolute Gasteiger partial charge is 0.193 e. The number of hydrogen-bond acceptors (Lipinski definition) is 1. The Kier molecular flexibility index (Phi) is 7.42. The molecule has 7 aromatic carbocycles. The maximum Gasteiger partial charge on any atom is 0.193 e. The van der Waals surface area contributed by atoms with Gasteiger partial charge in [-0.3, -0.25) is 0 Å². The fourth-order valence-electron chi connectivity index (χ4n) is 8.67. The van der Waals surface area contributed by atoms with Crippen molar-refractivity contribution in [3.05, 3.63) is 167 Å². The van der Waals surface area contributed by atoms with E-state index in [1.54, 1.807) is 0 Å². The Bertz CT molecular complexity index is 2530. The number of rotatable bonds is 4. The monoisotopic (exact) mass is 671 g/mol. The normalized spacial score (nSPS) is 14.4. The highest BCUT2D eigenvalue weighted by Gasteiger charge is 2.39. The van der Waals surface area contributed by atoms with Gasteiger partial charge < -0.3 is 5.32 Å². The largest absolute Gasteiger partial charge is 0.355 e. The standard InChI is InChI=1S/C50H46BN/c1-30-23-42(40-25-33-15-11-12-16-34(33)26-45(40)52-37-20-17-32(18-21-37)31-13-9-8-10-14-31)48-43(24-30)46-38-22-19-35(49(2,3)4)27-39(38)41-28-36(50(5,6)7)29-44(51-48)47(41)46/h8-29,46,51-52H,1-7H3/t46-/m1/s1. The molecule has 254 valence electrons. The second-order valence-corrected chi connectivity index (χ2v) is 17.2. The Labute approximate surface area is 310 Å². The Morgan fingerprint density at radius 2 is 1.17 bits per heavy atom. The molecule has 0 unspecified atom stereocenters. The van der Waals surface area contributed by atoms with Crippen molar-refractivity contribution in [2.24, 2.45) is 0 Å². The summed E-state index contributed by atoms with van der Waals surface area (Å²) in [6.07, 6.45) is 0. The highest BCUT2D eigenvalue weighted by atomic mass is 14.9. The van der Waals surface area contributed by atoms with Crippen LogP contribution in [0.15, 0.2) is 133 Å². The zero-order valence-electron chi connectivity index (χ0n) is 31.5. The van der Waals surface area contributed by atoms with Crippen molar-refractivity contribution in [1.29, 1.82) is 0 Å².